The van der Waals surface area contributed by atoms with E-state index >= 15 is 0 Å². The van der Waals surface area contributed by atoms with E-state index in [1.165, 1.54) is 43.5 Å². The van der Waals surface area contributed by atoms with E-state index in [0.29, 0.717) is 12.5 Å². The molecule has 1 fully saturated rings. The Morgan fingerprint density at radius 2 is 1.74 bits per heavy atom. The van der Waals surface area contributed by atoms with Crippen molar-refractivity contribution in [3.05, 3.63) is 89.6 Å². The van der Waals surface area contributed by atoms with Gasteiger partial charge < -0.3 is 9.84 Å². The lowest BCUT2D eigenvalue weighted by molar-refractivity contribution is 0.226. The second kappa shape index (κ2) is 11.8. The maximum Gasteiger partial charge on any atom is 0.213 e. The lowest BCUT2D eigenvalue weighted by atomic mass is 9.89. The van der Waals surface area contributed by atoms with E-state index in [2.05, 4.69) is 54.1 Å². The van der Waals surface area contributed by atoms with E-state index in [9.17, 15) is 5.11 Å². The summed E-state index contributed by atoms with van der Waals surface area (Å²) >= 11 is 0. The van der Waals surface area contributed by atoms with Crippen LogP contribution in [0.2, 0.25) is 0 Å². The standard InChI is InChI=1S/C30H36N2O2/c1-3-8-23-17-18-32(22-23)19-20-34-29-16-13-26(21-31-29)30(25-11-14-27(33)15-12-25)28(4-2)24-9-6-5-7-10-24/h5-7,9-16,21,23,33H,3-4,8,17-20,22H2,1-2H3. The van der Waals surface area contributed by atoms with Crippen LogP contribution in [-0.4, -0.2) is 41.2 Å². The van der Waals surface area contributed by atoms with Crippen molar-refractivity contribution in [2.45, 2.75) is 39.5 Å². The minimum Gasteiger partial charge on any atom is -0.508 e. The molecule has 1 saturated heterocycles. The van der Waals surface area contributed by atoms with Crippen molar-refractivity contribution >= 4 is 11.1 Å². The first-order chi connectivity index (χ1) is 16.7. The van der Waals surface area contributed by atoms with Crippen LogP contribution in [0.25, 0.3) is 11.1 Å². The molecule has 0 radical (unpaired) electrons. The van der Waals surface area contributed by atoms with Gasteiger partial charge in [0.1, 0.15) is 12.4 Å². The summed E-state index contributed by atoms with van der Waals surface area (Å²) in [5.74, 6) is 1.78. The van der Waals surface area contributed by atoms with E-state index in [0.717, 1.165) is 35.6 Å². The number of allylic oxidation sites excluding steroid dienone is 1. The summed E-state index contributed by atoms with van der Waals surface area (Å²) in [6.07, 6.45) is 6.71. The van der Waals surface area contributed by atoms with E-state index in [4.69, 9.17) is 4.74 Å². The number of nitrogens with zero attached hydrogens (tertiary/aromatic N) is 2. The van der Waals surface area contributed by atoms with Crippen LogP contribution in [0.5, 0.6) is 11.6 Å². The number of hydrogen-bond donors (Lipinski definition) is 1. The highest BCUT2D eigenvalue weighted by atomic mass is 16.5. The fourth-order valence-corrected chi connectivity index (χ4v) is 4.96. The maximum absolute atomic E-state index is 9.81. The summed E-state index contributed by atoms with van der Waals surface area (Å²) < 4.78 is 5.99. The zero-order valence-electron chi connectivity index (χ0n) is 20.4. The predicted octanol–water partition coefficient (Wildman–Crippen LogP) is 6.66. The molecule has 4 nitrogen and oxygen atoms in total. The molecule has 1 aliphatic heterocycles. The highest BCUT2D eigenvalue weighted by molar-refractivity contribution is 5.98. The number of ether oxygens (including phenoxy) is 1. The molecule has 1 atom stereocenters. The van der Waals surface area contributed by atoms with Gasteiger partial charge in [-0.25, -0.2) is 4.98 Å². The third-order valence-electron chi connectivity index (χ3n) is 6.68. The zero-order valence-corrected chi connectivity index (χ0v) is 20.4. The summed E-state index contributed by atoms with van der Waals surface area (Å²) in [7, 11) is 0. The van der Waals surface area contributed by atoms with Crippen molar-refractivity contribution in [2.75, 3.05) is 26.2 Å². The van der Waals surface area contributed by atoms with Gasteiger partial charge in [0.15, 0.2) is 0 Å². The van der Waals surface area contributed by atoms with Gasteiger partial charge in [0.25, 0.3) is 0 Å². The van der Waals surface area contributed by atoms with Gasteiger partial charge in [-0.15, -0.1) is 0 Å². The average Bonchev–Trinajstić information content (AvgIpc) is 3.32. The Morgan fingerprint density at radius 1 is 0.971 bits per heavy atom. The summed E-state index contributed by atoms with van der Waals surface area (Å²) in [4.78, 5) is 7.14. The highest BCUT2D eigenvalue weighted by Crippen LogP contribution is 2.35. The smallest absolute Gasteiger partial charge is 0.213 e. The van der Waals surface area contributed by atoms with Gasteiger partial charge in [-0.1, -0.05) is 62.7 Å². The van der Waals surface area contributed by atoms with Gasteiger partial charge >= 0.3 is 0 Å². The molecule has 0 saturated carbocycles. The van der Waals surface area contributed by atoms with Crippen LogP contribution in [0.3, 0.4) is 0 Å². The molecule has 1 aliphatic rings. The fraction of sp³-hybridized carbons (Fsp3) is 0.367. The Hall–Kier alpha value is -3.11. The van der Waals surface area contributed by atoms with E-state index in [1.54, 1.807) is 12.1 Å². The number of likely N-dealkylation sites (tertiary alicyclic amines) is 1. The number of phenolic OH excluding ortho intramolecular Hbond substituents is 1. The SMILES string of the molecule is CCCC1CCN(CCOc2ccc(C(=C(CC)c3ccccc3)c3ccc(O)cc3)cn2)C1. The van der Waals surface area contributed by atoms with Crippen LogP contribution in [0, 0.1) is 5.92 Å². The van der Waals surface area contributed by atoms with Crippen LogP contribution >= 0.6 is 0 Å². The fourth-order valence-electron chi connectivity index (χ4n) is 4.96. The molecule has 4 rings (SSSR count). The molecule has 2 heterocycles. The van der Waals surface area contributed by atoms with Gasteiger partial charge in [-0.2, -0.15) is 0 Å². The number of hydrogen-bond acceptors (Lipinski definition) is 4. The van der Waals surface area contributed by atoms with Crippen LogP contribution in [0.15, 0.2) is 72.9 Å². The summed E-state index contributed by atoms with van der Waals surface area (Å²) in [5, 5.41) is 9.81. The molecule has 0 aliphatic carbocycles. The minimum atomic E-state index is 0.266. The monoisotopic (exact) mass is 456 g/mol. The Morgan fingerprint density at radius 3 is 2.41 bits per heavy atom. The van der Waals surface area contributed by atoms with Gasteiger partial charge in [-0.3, -0.25) is 4.90 Å². The molecule has 0 bridgehead atoms. The molecule has 178 valence electrons. The third-order valence-corrected chi connectivity index (χ3v) is 6.68. The van der Waals surface area contributed by atoms with Gasteiger partial charge in [0.2, 0.25) is 5.88 Å². The van der Waals surface area contributed by atoms with Crippen molar-refractivity contribution in [1.82, 2.24) is 9.88 Å². The second-order valence-corrected chi connectivity index (χ2v) is 9.10. The molecule has 1 N–H and O–H groups in total. The number of aromatic hydroxyl groups is 1. The first-order valence-electron chi connectivity index (χ1n) is 12.6. The Labute approximate surface area is 203 Å². The van der Waals surface area contributed by atoms with Crippen molar-refractivity contribution in [3.8, 4) is 11.6 Å². The van der Waals surface area contributed by atoms with Crippen molar-refractivity contribution < 1.29 is 9.84 Å². The lowest BCUT2D eigenvalue weighted by Gasteiger charge is -2.17. The zero-order chi connectivity index (χ0) is 23.8. The third kappa shape index (κ3) is 6.06. The molecule has 1 aromatic heterocycles. The Kier molecular flexibility index (Phi) is 8.37. The average molecular weight is 457 g/mol. The number of phenols is 1. The van der Waals surface area contributed by atoms with Gasteiger partial charge in [-0.05, 0) is 72.2 Å². The molecule has 4 heteroatoms. The van der Waals surface area contributed by atoms with Crippen LogP contribution < -0.4 is 4.74 Å². The van der Waals surface area contributed by atoms with Crippen molar-refractivity contribution in [2.24, 2.45) is 5.92 Å². The van der Waals surface area contributed by atoms with Crippen molar-refractivity contribution in [3.63, 3.8) is 0 Å². The van der Waals surface area contributed by atoms with Crippen LogP contribution in [-0.2, 0) is 0 Å². The topological polar surface area (TPSA) is 45.6 Å². The molecule has 3 aromatic rings. The summed E-state index contributed by atoms with van der Waals surface area (Å²) in [6, 6.07) is 21.9. The molecular weight excluding hydrogens is 420 g/mol. The van der Waals surface area contributed by atoms with E-state index < -0.39 is 0 Å². The van der Waals surface area contributed by atoms with Gasteiger partial charge in [0, 0.05) is 30.9 Å². The predicted molar refractivity (Wildman–Crippen MR) is 140 cm³/mol. The molecular formula is C30H36N2O2. The first-order valence-corrected chi connectivity index (χ1v) is 12.6. The number of rotatable bonds is 10. The maximum atomic E-state index is 9.81. The molecule has 34 heavy (non-hydrogen) atoms. The number of benzene rings is 2. The lowest BCUT2D eigenvalue weighted by Crippen LogP contribution is -2.26. The summed E-state index contributed by atoms with van der Waals surface area (Å²) in [6.45, 7) is 8.44. The van der Waals surface area contributed by atoms with Crippen LogP contribution in [0.4, 0.5) is 0 Å². The van der Waals surface area contributed by atoms with E-state index in [-0.39, 0.29) is 5.75 Å². The molecule has 2 aromatic carbocycles. The van der Waals surface area contributed by atoms with E-state index in [1.807, 2.05) is 30.5 Å². The number of aromatic nitrogens is 1. The second-order valence-electron chi connectivity index (χ2n) is 9.10. The normalized spacial score (nSPS) is 16.9. The Balaban J connectivity index is 1.51. The van der Waals surface area contributed by atoms with Gasteiger partial charge in [0.05, 0.1) is 0 Å². The van der Waals surface area contributed by atoms with Crippen LogP contribution in [0.1, 0.15) is 56.2 Å². The summed E-state index contributed by atoms with van der Waals surface area (Å²) in [5.41, 5.74) is 5.68. The van der Waals surface area contributed by atoms with Crippen molar-refractivity contribution in [1.29, 1.82) is 0 Å². The number of pyridine rings is 1. The minimum absolute atomic E-state index is 0.266. The first kappa shape index (κ1) is 24.0. The highest BCUT2D eigenvalue weighted by Gasteiger charge is 2.21. The molecule has 0 spiro atoms. The quantitative estimate of drug-likeness (QED) is 0.347. The molecule has 0 amide bonds. The molecule has 1 unspecified atom stereocenters. The largest absolute Gasteiger partial charge is 0.508 e. The Bertz CT molecular complexity index is 1060.